The van der Waals surface area contributed by atoms with E-state index in [1.165, 1.54) is 0 Å². The van der Waals surface area contributed by atoms with E-state index < -0.39 is 0 Å². The van der Waals surface area contributed by atoms with Gasteiger partial charge in [0.2, 0.25) is 5.95 Å². The Kier molecular flexibility index (Phi) is 8.49. The van der Waals surface area contributed by atoms with E-state index in [4.69, 9.17) is 15.0 Å². The number of hydrogen-bond acceptors (Lipinski definition) is 8. The van der Waals surface area contributed by atoms with Crippen LogP contribution in [0.4, 0.5) is 16.4 Å². The van der Waals surface area contributed by atoms with Crippen molar-refractivity contribution in [1.29, 1.82) is 5.26 Å². The van der Waals surface area contributed by atoms with Gasteiger partial charge in [0.15, 0.2) is 0 Å². The van der Waals surface area contributed by atoms with Crippen molar-refractivity contribution in [3.05, 3.63) is 89.9 Å². The maximum absolute atomic E-state index is 12.5. The number of benzene rings is 2. The number of piperidine rings is 1. The maximum atomic E-state index is 12.5. The molecule has 2 N–H and O–H groups in total. The number of carbonyl (C=O) groups excluding carboxylic acids is 2. The number of carbonyl (C=O) groups is 2. The topological polar surface area (TPSA) is 138 Å². The van der Waals surface area contributed by atoms with E-state index in [-0.39, 0.29) is 31.2 Å². The molecule has 1 fully saturated rings. The Morgan fingerprint density at radius 1 is 1.07 bits per heavy atom. The summed E-state index contributed by atoms with van der Waals surface area (Å²) in [6.45, 7) is 3.35. The molecule has 2 aromatic heterocycles. The SMILES string of the molecule is Cc1cnc(Nc2cnn(C3CCN(C(=O)OCc4ccccc4)CC3)c2)nc1-c1ccc(C(=O)NCC#N)cc1. The molecular weight excluding hydrogens is 520 g/mol. The second kappa shape index (κ2) is 12.7. The molecule has 2 aromatic carbocycles. The molecule has 0 saturated carbocycles. The number of anilines is 2. The number of nitrogens with zero attached hydrogens (tertiary/aromatic N) is 6. The summed E-state index contributed by atoms with van der Waals surface area (Å²) in [4.78, 5) is 35.4. The molecule has 0 unspecified atom stereocenters. The Morgan fingerprint density at radius 2 is 1.83 bits per heavy atom. The van der Waals surface area contributed by atoms with Gasteiger partial charge in [-0.3, -0.25) is 9.48 Å². The van der Waals surface area contributed by atoms with Gasteiger partial charge in [0.25, 0.3) is 5.91 Å². The highest BCUT2D eigenvalue weighted by Crippen LogP contribution is 2.26. The molecular formula is C30H30N8O3. The first-order valence-electron chi connectivity index (χ1n) is 13.4. The summed E-state index contributed by atoms with van der Waals surface area (Å²) in [5.74, 6) is 0.127. The minimum atomic E-state index is -0.300. The average Bonchev–Trinajstić information content (AvgIpc) is 3.48. The molecule has 0 aliphatic carbocycles. The first kappa shape index (κ1) is 27.3. The van der Waals surface area contributed by atoms with Gasteiger partial charge >= 0.3 is 6.09 Å². The monoisotopic (exact) mass is 550 g/mol. The molecule has 1 aliphatic heterocycles. The minimum Gasteiger partial charge on any atom is -0.445 e. The third-order valence-corrected chi connectivity index (χ3v) is 6.88. The lowest BCUT2D eigenvalue weighted by Crippen LogP contribution is -2.39. The fraction of sp³-hybridized carbons (Fsp3) is 0.267. The Hall–Kier alpha value is -5.24. The van der Waals surface area contributed by atoms with Crippen molar-refractivity contribution in [3.63, 3.8) is 0 Å². The van der Waals surface area contributed by atoms with Gasteiger partial charge in [-0.05, 0) is 43.0 Å². The van der Waals surface area contributed by atoms with Gasteiger partial charge in [-0.2, -0.15) is 10.4 Å². The molecule has 208 valence electrons. The molecule has 1 saturated heterocycles. The quantitative estimate of drug-likeness (QED) is 0.303. The van der Waals surface area contributed by atoms with Crippen molar-refractivity contribution in [2.24, 2.45) is 0 Å². The van der Waals surface area contributed by atoms with Gasteiger partial charge in [0.05, 0.1) is 29.7 Å². The number of aromatic nitrogens is 4. The van der Waals surface area contributed by atoms with Crippen LogP contribution in [-0.2, 0) is 11.3 Å². The maximum Gasteiger partial charge on any atom is 0.410 e. The molecule has 11 heteroatoms. The summed E-state index contributed by atoms with van der Waals surface area (Å²) < 4.78 is 7.39. The first-order valence-corrected chi connectivity index (χ1v) is 13.4. The molecule has 5 rings (SSSR count). The van der Waals surface area contributed by atoms with E-state index in [0.29, 0.717) is 24.6 Å². The van der Waals surface area contributed by atoms with Crippen LogP contribution in [0, 0.1) is 18.3 Å². The lowest BCUT2D eigenvalue weighted by molar-refractivity contribution is 0.0821. The summed E-state index contributed by atoms with van der Waals surface area (Å²) in [6.07, 6.45) is 6.66. The highest BCUT2D eigenvalue weighted by molar-refractivity contribution is 5.94. The van der Waals surface area contributed by atoms with Gasteiger partial charge in [-0.1, -0.05) is 42.5 Å². The molecule has 2 amide bonds. The summed E-state index contributed by atoms with van der Waals surface area (Å²) >= 11 is 0. The highest BCUT2D eigenvalue weighted by atomic mass is 16.6. The van der Waals surface area contributed by atoms with Gasteiger partial charge < -0.3 is 20.3 Å². The van der Waals surface area contributed by atoms with Crippen molar-refractivity contribution in [3.8, 4) is 17.3 Å². The van der Waals surface area contributed by atoms with Gasteiger partial charge in [-0.15, -0.1) is 0 Å². The number of nitrogens with one attached hydrogen (secondary N) is 2. The Bertz CT molecular complexity index is 1540. The van der Waals surface area contributed by atoms with Crippen molar-refractivity contribution in [2.75, 3.05) is 25.0 Å². The van der Waals surface area contributed by atoms with Crippen LogP contribution in [0.25, 0.3) is 11.3 Å². The predicted molar refractivity (Wildman–Crippen MR) is 152 cm³/mol. The second-order valence-corrected chi connectivity index (χ2v) is 9.74. The summed E-state index contributed by atoms with van der Waals surface area (Å²) in [6, 6.07) is 18.8. The number of amides is 2. The molecule has 4 aromatic rings. The number of aryl methyl sites for hydroxylation is 1. The van der Waals surface area contributed by atoms with Crippen molar-refractivity contribution >= 4 is 23.6 Å². The van der Waals surface area contributed by atoms with Crippen LogP contribution in [-0.4, -0.2) is 56.3 Å². The number of likely N-dealkylation sites (tertiary alicyclic amines) is 1. The molecule has 3 heterocycles. The predicted octanol–water partition coefficient (Wildman–Crippen LogP) is 4.62. The van der Waals surface area contributed by atoms with E-state index in [1.54, 1.807) is 29.4 Å². The van der Waals surface area contributed by atoms with Crippen LogP contribution in [0.3, 0.4) is 0 Å². The van der Waals surface area contributed by atoms with Crippen molar-refractivity contribution in [1.82, 2.24) is 30.0 Å². The first-order chi connectivity index (χ1) is 20.0. The molecule has 11 nitrogen and oxygen atoms in total. The average molecular weight is 551 g/mol. The van der Waals surface area contributed by atoms with E-state index >= 15 is 0 Å². The van der Waals surface area contributed by atoms with E-state index in [0.717, 1.165) is 40.9 Å². The standard InChI is InChI=1S/C30H30N8O3/c1-21-17-33-29(36-27(21)23-7-9-24(10-8-23)28(39)32-14-13-31)35-25-18-34-38(19-25)26-11-15-37(16-12-26)30(40)41-20-22-5-3-2-4-6-22/h2-10,17-19,26H,11-12,14-16,20H2,1H3,(H,32,39)(H,33,35,36). The Balaban J connectivity index is 1.16. The largest absolute Gasteiger partial charge is 0.445 e. The third kappa shape index (κ3) is 6.86. The zero-order valence-electron chi connectivity index (χ0n) is 22.7. The van der Waals surface area contributed by atoms with Gasteiger partial charge in [0, 0.05) is 36.6 Å². The highest BCUT2D eigenvalue weighted by Gasteiger charge is 2.25. The Labute approximate surface area is 237 Å². The lowest BCUT2D eigenvalue weighted by Gasteiger charge is -2.31. The fourth-order valence-electron chi connectivity index (χ4n) is 4.65. The molecule has 0 bridgehead atoms. The fourth-order valence-corrected chi connectivity index (χ4v) is 4.65. The van der Waals surface area contributed by atoms with E-state index in [1.807, 2.05) is 66.3 Å². The normalized spacial score (nSPS) is 13.3. The van der Waals surface area contributed by atoms with Crippen LogP contribution in [0.15, 0.2) is 73.2 Å². The van der Waals surface area contributed by atoms with Crippen LogP contribution in [0.2, 0.25) is 0 Å². The van der Waals surface area contributed by atoms with Crippen molar-refractivity contribution in [2.45, 2.75) is 32.4 Å². The van der Waals surface area contributed by atoms with Crippen LogP contribution < -0.4 is 10.6 Å². The number of nitriles is 1. The smallest absolute Gasteiger partial charge is 0.410 e. The van der Waals surface area contributed by atoms with Crippen molar-refractivity contribution < 1.29 is 14.3 Å². The van der Waals surface area contributed by atoms with Gasteiger partial charge in [0.1, 0.15) is 13.2 Å². The molecule has 0 spiro atoms. The zero-order chi connectivity index (χ0) is 28.6. The number of rotatable bonds is 8. The van der Waals surface area contributed by atoms with Crippen LogP contribution in [0.5, 0.6) is 0 Å². The van der Waals surface area contributed by atoms with Crippen LogP contribution in [0.1, 0.15) is 40.4 Å². The molecule has 0 radical (unpaired) electrons. The summed E-state index contributed by atoms with van der Waals surface area (Å²) in [5, 5.41) is 18.9. The summed E-state index contributed by atoms with van der Waals surface area (Å²) in [5.41, 5.74) is 4.67. The molecule has 1 aliphatic rings. The summed E-state index contributed by atoms with van der Waals surface area (Å²) in [7, 11) is 0. The van der Waals surface area contributed by atoms with Gasteiger partial charge in [-0.25, -0.2) is 14.8 Å². The van der Waals surface area contributed by atoms with Crippen LogP contribution >= 0.6 is 0 Å². The van der Waals surface area contributed by atoms with E-state index in [2.05, 4.69) is 20.7 Å². The Morgan fingerprint density at radius 3 is 2.56 bits per heavy atom. The molecule has 0 atom stereocenters. The number of hydrogen-bond donors (Lipinski definition) is 2. The third-order valence-electron chi connectivity index (χ3n) is 6.88. The van der Waals surface area contributed by atoms with E-state index in [9.17, 15) is 9.59 Å². The lowest BCUT2D eigenvalue weighted by atomic mass is 10.1. The zero-order valence-corrected chi connectivity index (χ0v) is 22.7. The minimum absolute atomic E-state index is 0.0414. The molecule has 41 heavy (non-hydrogen) atoms. The second-order valence-electron chi connectivity index (χ2n) is 9.74. The number of ether oxygens (including phenoxy) is 1.